The molecule has 1 rings (SSSR count). The number of halogens is 1. The molecule has 0 spiro atoms. The molecule has 0 aliphatic rings. The molecule has 0 aromatic heterocycles. The number of benzene rings is 1. The topological polar surface area (TPSA) is 104 Å². The lowest BCUT2D eigenvalue weighted by atomic mass is 10.1. The van der Waals surface area contributed by atoms with E-state index < -0.39 is 30.3 Å². The second-order valence-corrected chi connectivity index (χ2v) is 4.07. The van der Waals surface area contributed by atoms with Gasteiger partial charge in [0.2, 0.25) is 5.91 Å². The monoisotopic (exact) mass is 283 g/mol. The Morgan fingerprint density at radius 3 is 2.25 bits per heavy atom. The maximum Gasteiger partial charge on any atom is 0.328 e. The second-order valence-electron chi connectivity index (χ2n) is 4.07. The molecular formula is C13H14FNO5. The second kappa shape index (κ2) is 7.34. The average molecular weight is 283 g/mol. The third-order valence-corrected chi connectivity index (χ3v) is 2.56. The number of ketones is 1. The van der Waals surface area contributed by atoms with E-state index in [4.69, 9.17) is 10.2 Å². The zero-order valence-corrected chi connectivity index (χ0v) is 10.5. The van der Waals surface area contributed by atoms with Crippen molar-refractivity contribution >= 4 is 17.7 Å². The number of hydrogen-bond donors (Lipinski definition) is 3. The summed E-state index contributed by atoms with van der Waals surface area (Å²) in [6, 6.07) is 3.51. The summed E-state index contributed by atoms with van der Waals surface area (Å²) in [5.74, 6) is -2.82. The summed E-state index contributed by atoms with van der Waals surface area (Å²) < 4.78 is 12.7. The molecular weight excluding hydrogens is 269 g/mol. The van der Waals surface area contributed by atoms with Gasteiger partial charge in [-0.25, -0.2) is 9.18 Å². The van der Waals surface area contributed by atoms with Gasteiger partial charge in [0.15, 0.2) is 5.78 Å². The highest BCUT2D eigenvalue weighted by Crippen LogP contribution is 2.07. The molecule has 0 aliphatic carbocycles. The largest absolute Gasteiger partial charge is 0.480 e. The minimum absolute atomic E-state index is 0.130. The number of carboxylic acids is 1. The molecule has 0 saturated heterocycles. The maximum atomic E-state index is 12.7. The maximum absolute atomic E-state index is 12.7. The lowest BCUT2D eigenvalue weighted by Crippen LogP contribution is -2.43. The van der Waals surface area contributed by atoms with Crippen LogP contribution in [0.5, 0.6) is 0 Å². The Hall–Kier alpha value is -2.28. The molecule has 0 bridgehead atoms. The molecule has 6 nitrogen and oxygen atoms in total. The molecule has 1 aromatic rings. The smallest absolute Gasteiger partial charge is 0.328 e. The summed E-state index contributed by atoms with van der Waals surface area (Å²) in [5, 5.41) is 19.4. The highest BCUT2D eigenvalue weighted by atomic mass is 19.1. The van der Waals surface area contributed by atoms with Crippen LogP contribution in [0.4, 0.5) is 4.39 Å². The van der Waals surface area contributed by atoms with Gasteiger partial charge < -0.3 is 15.5 Å². The summed E-state index contributed by atoms with van der Waals surface area (Å²) in [4.78, 5) is 33.7. The number of aliphatic carboxylic acids is 1. The number of aliphatic hydroxyl groups excluding tert-OH is 1. The lowest BCUT2D eigenvalue weighted by Gasteiger charge is -2.11. The van der Waals surface area contributed by atoms with E-state index in [0.29, 0.717) is 0 Å². The molecule has 1 unspecified atom stereocenters. The van der Waals surface area contributed by atoms with Crippen molar-refractivity contribution in [3.63, 3.8) is 0 Å². The number of carbonyl (C=O) groups is 3. The van der Waals surface area contributed by atoms with Crippen molar-refractivity contribution in [1.29, 1.82) is 0 Å². The third-order valence-electron chi connectivity index (χ3n) is 2.56. The fourth-order valence-corrected chi connectivity index (χ4v) is 1.46. The Balaban J connectivity index is 2.46. The molecule has 108 valence electrons. The molecule has 1 aromatic carbocycles. The van der Waals surface area contributed by atoms with Gasteiger partial charge in [-0.3, -0.25) is 9.59 Å². The van der Waals surface area contributed by atoms with Crippen molar-refractivity contribution in [3.05, 3.63) is 35.6 Å². The minimum atomic E-state index is -1.39. The van der Waals surface area contributed by atoms with Crippen LogP contribution in [0.3, 0.4) is 0 Å². The zero-order valence-electron chi connectivity index (χ0n) is 10.5. The molecule has 1 atom stereocenters. The van der Waals surface area contributed by atoms with Crippen LogP contribution in [0.2, 0.25) is 0 Å². The van der Waals surface area contributed by atoms with Crippen LogP contribution in [0.1, 0.15) is 23.2 Å². The first-order chi connectivity index (χ1) is 9.43. The van der Waals surface area contributed by atoms with Gasteiger partial charge in [-0.15, -0.1) is 0 Å². The van der Waals surface area contributed by atoms with Crippen LogP contribution in [-0.2, 0) is 9.59 Å². The molecule has 0 radical (unpaired) electrons. The van der Waals surface area contributed by atoms with E-state index in [1.807, 2.05) is 0 Å². The quantitative estimate of drug-likeness (QED) is 0.626. The van der Waals surface area contributed by atoms with Gasteiger partial charge in [-0.1, -0.05) is 0 Å². The highest BCUT2D eigenvalue weighted by Gasteiger charge is 2.19. The van der Waals surface area contributed by atoms with Crippen LogP contribution in [-0.4, -0.2) is 40.5 Å². The predicted molar refractivity (Wildman–Crippen MR) is 66.6 cm³/mol. The minimum Gasteiger partial charge on any atom is -0.480 e. The summed E-state index contributed by atoms with van der Waals surface area (Å²) in [7, 11) is 0. The molecule has 7 heteroatoms. The van der Waals surface area contributed by atoms with Gasteiger partial charge in [-0.05, 0) is 24.3 Å². The Bertz CT molecular complexity index is 500. The Kier molecular flexibility index (Phi) is 5.79. The predicted octanol–water partition coefficient (Wildman–Crippen LogP) is 0.350. The molecule has 1 amide bonds. The first-order valence-electron chi connectivity index (χ1n) is 5.86. The molecule has 0 heterocycles. The van der Waals surface area contributed by atoms with Gasteiger partial charge in [-0.2, -0.15) is 0 Å². The number of aliphatic hydroxyl groups is 1. The number of rotatable bonds is 7. The summed E-state index contributed by atoms with van der Waals surface area (Å²) in [6.07, 6.45) is -0.338. The summed E-state index contributed by atoms with van der Waals surface area (Å²) in [5.41, 5.74) is 0.274. The Morgan fingerprint density at radius 2 is 1.75 bits per heavy atom. The number of hydrogen-bond acceptors (Lipinski definition) is 4. The van der Waals surface area contributed by atoms with E-state index >= 15 is 0 Å². The van der Waals surface area contributed by atoms with Crippen LogP contribution in [0, 0.1) is 5.82 Å². The van der Waals surface area contributed by atoms with Crippen molar-refractivity contribution in [2.45, 2.75) is 18.9 Å². The van der Waals surface area contributed by atoms with E-state index in [1.54, 1.807) is 0 Å². The fraction of sp³-hybridized carbons (Fsp3) is 0.308. The van der Waals surface area contributed by atoms with Gasteiger partial charge in [0.1, 0.15) is 11.9 Å². The van der Waals surface area contributed by atoms with E-state index in [1.165, 1.54) is 12.1 Å². The van der Waals surface area contributed by atoms with Crippen molar-refractivity contribution in [1.82, 2.24) is 5.32 Å². The fourth-order valence-electron chi connectivity index (χ4n) is 1.46. The van der Waals surface area contributed by atoms with E-state index in [-0.39, 0.29) is 24.2 Å². The Morgan fingerprint density at radius 1 is 1.15 bits per heavy atom. The molecule has 0 saturated carbocycles. The van der Waals surface area contributed by atoms with Crippen LogP contribution in [0.15, 0.2) is 24.3 Å². The van der Waals surface area contributed by atoms with Crippen molar-refractivity contribution in [2.24, 2.45) is 0 Å². The summed E-state index contributed by atoms with van der Waals surface area (Å²) in [6.45, 7) is -0.729. The third kappa shape index (κ3) is 4.77. The van der Waals surface area contributed by atoms with Crippen LogP contribution in [0.25, 0.3) is 0 Å². The first-order valence-corrected chi connectivity index (χ1v) is 5.86. The molecule has 3 N–H and O–H groups in total. The van der Waals surface area contributed by atoms with Crippen molar-refractivity contribution < 1.29 is 29.0 Å². The molecule has 0 aliphatic heterocycles. The number of nitrogens with one attached hydrogen (secondary N) is 1. The number of amides is 1. The van der Waals surface area contributed by atoms with Gasteiger partial charge in [0.05, 0.1) is 6.61 Å². The molecule has 0 fully saturated rings. The van der Waals surface area contributed by atoms with Crippen LogP contribution >= 0.6 is 0 Å². The first kappa shape index (κ1) is 15.8. The Labute approximate surface area is 114 Å². The van der Waals surface area contributed by atoms with E-state index in [2.05, 4.69) is 5.32 Å². The van der Waals surface area contributed by atoms with Crippen molar-refractivity contribution in [3.8, 4) is 0 Å². The standard InChI is InChI=1S/C13H14FNO5/c14-9-3-1-8(2-4-9)11(17)5-6-12(18)15-10(7-16)13(19)20/h1-4,10,16H,5-7H2,(H,15,18)(H,19,20). The van der Waals surface area contributed by atoms with E-state index in [0.717, 1.165) is 12.1 Å². The SMILES string of the molecule is O=C(CCC(=O)c1ccc(F)cc1)NC(CO)C(=O)O. The number of Topliss-reactive ketones (excluding diaryl/α,β-unsaturated/α-hetero) is 1. The average Bonchev–Trinajstić information content (AvgIpc) is 2.42. The normalized spacial score (nSPS) is 11.7. The lowest BCUT2D eigenvalue weighted by molar-refractivity contribution is -0.142. The van der Waals surface area contributed by atoms with Crippen molar-refractivity contribution in [2.75, 3.05) is 6.61 Å². The number of carbonyl (C=O) groups excluding carboxylic acids is 2. The summed E-state index contributed by atoms with van der Waals surface area (Å²) >= 11 is 0. The van der Waals surface area contributed by atoms with Gasteiger partial charge in [0, 0.05) is 18.4 Å². The zero-order chi connectivity index (χ0) is 15.1. The molecule has 20 heavy (non-hydrogen) atoms. The highest BCUT2D eigenvalue weighted by molar-refractivity contribution is 5.98. The van der Waals surface area contributed by atoms with Gasteiger partial charge >= 0.3 is 5.97 Å². The number of carboxylic acid groups (broad SMARTS) is 1. The van der Waals surface area contributed by atoms with Gasteiger partial charge in [0.25, 0.3) is 0 Å². The van der Waals surface area contributed by atoms with Crippen LogP contribution < -0.4 is 5.32 Å². The van der Waals surface area contributed by atoms with E-state index in [9.17, 15) is 18.8 Å².